The quantitative estimate of drug-likeness (QED) is 0.784. The number of likely N-dealkylation sites (tertiary alicyclic amines) is 1. The lowest BCUT2D eigenvalue weighted by Crippen LogP contribution is -2.42. The van der Waals surface area contributed by atoms with Crippen molar-refractivity contribution in [1.82, 2.24) is 4.90 Å². The summed E-state index contributed by atoms with van der Waals surface area (Å²) in [5, 5.41) is 0. The van der Waals surface area contributed by atoms with Gasteiger partial charge < -0.3 is 19.1 Å². The van der Waals surface area contributed by atoms with E-state index in [1.54, 1.807) is 17.0 Å². The summed E-state index contributed by atoms with van der Waals surface area (Å²) in [6.07, 6.45) is 1.55. The number of amides is 1. The Hall–Kier alpha value is -2.24. The smallest absolute Gasteiger partial charge is 0.410 e. The Balaban J connectivity index is 1.45. The van der Waals surface area contributed by atoms with E-state index in [2.05, 4.69) is 0 Å². The molecule has 2 aliphatic rings. The van der Waals surface area contributed by atoms with E-state index in [1.165, 1.54) is 0 Å². The topological polar surface area (TPSA) is 65.1 Å². The number of benzene rings is 1. The molecule has 0 unspecified atom stereocenters. The molecule has 0 aromatic heterocycles. The maximum atomic E-state index is 12.1. The Morgan fingerprint density at radius 1 is 1.28 bits per heavy atom. The molecule has 2 heterocycles. The molecule has 1 aromatic rings. The van der Waals surface area contributed by atoms with Gasteiger partial charge in [0.15, 0.2) is 0 Å². The monoisotopic (exact) mass is 347 g/mol. The van der Waals surface area contributed by atoms with Gasteiger partial charge in [-0.1, -0.05) is 0 Å². The molecular formula is C19H25NO5. The molecule has 6 heteroatoms. The van der Waals surface area contributed by atoms with Crippen molar-refractivity contribution in [2.45, 2.75) is 45.8 Å². The molecule has 1 aromatic carbocycles. The van der Waals surface area contributed by atoms with Crippen molar-refractivity contribution < 1.29 is 23.8 Å². The number of carbonyl (C=O) groups excluding carboxylic acids is 2. The van der Waals surface area contributed by atoms with Crippen LogP contribution in [-0.2, 0) is 16.1 Å². The van der Waals surface area contributed by atoms with Crippen LogP contribution in [0.3, 0.4) is 0 Å². The molecule has 1 saturated heterocycles. The number of fused-ring (bicyclic) bond motifs is 1. The van der Waals surface area contributed by atoms with Crippen LogP contribution in [0.5, 0.6) is 5.75 Å². The molecule has 0 spiro atoms. The summed E-state index contributed by atoms with van der Waals surface area (Å²) in [4.78, 5) is 25.3. The molecule has 2 aliphatic heterocycles. The number of nitrogens with zero attached hydrogens (tertiary/aromatic N) is 1. The van der Waals surface area contributed by atoms with Gasteiger partial charge in [-0.2, -0.15) is 0 Å². The molecule has 1 amide bonds. The summed E-state index contributed by atoms with van der Waals surface area (Å²) in [5.41, 5.74) is 1.04. The summed E-state index contributed by atoms with van der Waals surface area (Å²) in [6.45, 7) is 7.93. The molecular weight excluding hydrogens is 322 g/mol. The van der Waals surface area contributed by atoms with E-state index in [0.29, 0.717) is 37.8 Å². The van der Waals surface area contributed by atoms with Crippen LogP contribution in [0.2, 0.25) is 0 Å². The van der Waals surface area contributed by atoms with Crippen molar-refractivity contribution in [2.75, 3.05) is 19.7 Å². The van der Waals surface area contributed by atoms with Crippen molar-refractivity contribution in [2.24, 2.45) is 5.92 Å². The van der Waals surface area contributed by atoms with Crippen molar-refractivity contribution in [3.63, 3.8) is 0 Å². The fourth-order valence-corrected chi connectivity index (χ4v) is 3.02. The van der Waals surface area contributed by atoms with Crippen LogP contribution in [0, 0.1) is 5.92 Å². The van der Waals surface area contributed by atoms with Gasteiger partial charge in [-0.25, -0.2) is 9.59 Å². The fraction of sp³-hybridized carbons (Fsp3) is 0.579. The number of ether oxygens (including phenoxy) is 3. The van der Waals surface area contributed by atoms with Crippen LogP contribution < -0.4 is 4.74 Å². The second kappa shape index (κ2) is 6.94. The number of hydrogen-bond donors (Lipinski definition) is 0. The van der Waals surface area contributed by atoms with Gasteiger partial charge in [0.1, 0.15) is 18.0 Å². The van der Waals surface area contributed by atoms with Gasteiger partial charge in [0.2, 0.25) is 0 Å². The van der Waals surface area contributed by atoms with Crippen molar-refractivity contribution in [3.05, 3.63) is 29.3 Å². The standard InChI is InChI=1S/C19H25NO5/c1-19(2,3)25-18(22)20-8-6-13(7-9-20)11-23-15-4-5-16-14(10-15)12-24-17(16)21/h4-5,10,13H,6-9,11-12H2,1-3H3. The number of cyclic esters (lactones) is 1. The highest BCUT2D eigenvalue weighted by molar-refractivity contribution is 5.93. The van der Waals surface area contributed by atoms with E-state index < -0.39 is 5.60 Å². The van der Waals surface area contributed by atoms with Crippen LogP contribution >= 0.6 is 0 Å². The van der Waals surface area contributed by atoms with Gasteiger partial charge in [0.25, 0.3) is 0 Å². The third kappa shape index (κ3) is 4.44. The molecule has 0 aliphatic carbocycles. The van der Waals surface area contributed by atoms with Crippen LogP contribution in [0.25, 0.3) is 0 Å². The third-order valence-electron chi connectivity index (χ3n) is 4.41. The molecule has 3 rings (SSSR count). The summed E-state index contributed by atoms with van der Waals surface area (Å²) >= 11 is 0. The molecule has 25 heavy (non-hydrogen) atoms. The predicted molar refractivity (Wildman–Crippen MR) is 91.6 cm³/mol. The van der Waals surface area contributed by atoms with Crippen molar-refractivity contribution >= 4 is 12.1 Å². The number of rotatable bonds is 3. The van der Waals surface area contributed by atoms with Crippen LogP contribution in [0.4, 0.5) is 4.79 Å². The highest BCUT2D eigenvalue weighted by atomic mass is 16.6. The first kappa shape index (κ1) is 17.6. The molecule has 136 valence electrons. The number of esters is 1. The van der Waals surface area contributed by atoms with Crippen LogP contribution in [0.1, 0.15) is 49.5 Å². The minimum atomic E-state index is -0.463. The maximum absolute atomic E-state index is 12.1. The fourth-order valence-electron chi connectivity index (χ4n) is 3.02. The second-order valence-electron chi connectivity index (χ2n) is 7.62. The predicted octanol–water partition coefficient (Wildman–Crippen LogP) is 3.38. The van der Waals surface area contributed by atoms with E-state index in [9.17, 15) is 9.59 Å². The lowest BCUT2D eigenvalue weighted by molar-refractivity contribution is 0.0164. The van der Waals surface area contributed by atoms with E-state index in [4.69, 9.17) is 14.2 Å². The lowest BCUT2D eigenvalue weighted by atomic mass is 9.98. The van der Waals surface area contributed by atoms with Gasteiger partial charge in [0, 0.05) is 18.7 Å². The van der Waals surface area contributed by atoms with Gasteiger partial charge in [0.05, 0.1) is 12.2 Å². The normalized spacial score (nSPS) is 17.9. The Bertz CT molecular complexity index is 656. The second-order valence-corrected chi connectivity index (χ2v) is 7.62. The summed E-state index contributed by atoms with van der Waals surface area (Å²) in [7, 11) is 0. The first-order valence-electron chi connectivity index (χ1n) is 8.72. The minimum absolute atomic E-state index is 0.241. The van der Waals surface area contributed by atoms with E-state index in [0.717, 1.165) is 24.2 Å². The Morgan fingerprint density at radius 3 is 2.68 bits per heavy atom. The average molecular weight is 347 g/mol. The first-order valence-corrected chi connectivity index (χ1v) is 8.72. The van der Waals surface area contributed by atoms with Gasteiger partial charge in [-0.3, -0.25) is 0 Å². The Labute approximate surface area is 148 Å². The first-order chi connectivity index (χ1) is 11.8. The molecule has 0 saturated carbocycles. The zero-order valence-electron chi connectivity index (χ0n) is 15.0. The van der Waals surface area contributed by atoms with Crippen LogP contribution in [-0.4, -0.2) is 42.3 Å². The van der Waals surface area contributed by atoms with Crippen LogP contribution in [0.15, 0.2) is 18.2 Å². The number of hydrogen-bond acceptors (Lipinski definition) is 5. The highest BCUT2D eigenvalue weighted by Crippen LogP contribution is 2.26. The largest absolute Gasteiger partial charge is 0.493 e. The van der Waals surface area contributed by atoms with E-state index in [1.807, 2.05) is 26.8 Å². The molecule has 0 bridgehead atoms. The van der Waals surface area contributed by atoms with E-state index in [-0.39, 0.29) is 12.1 Å². The molecule has 0 N–H and O–H groups in total. The zero-order valence-corrected chi connectivity index (χ0v) is 15.0. The van der Waals surface area contributed by atoms with Crippen molar-refractivity contribution in [1.29, 1.82) is 0 Å². The summed E-state index contributed by atoms with van der Waals surface area (Å²) < 4.78 is 16.3. The SMILES string of the molecule is CC(C)(C)OC(=O)N1CCC(COc2ccc3c(c2)COC3=O)CC1. The average Bonchev–Trinajstić information content (AvgIpc) is 2.92. The zero-order chi connectivity index (χ0) is 18.0. The molecule has 6 nitrogen and oxygen atoms in total. The number of piperidine rings is 1. The van der Waals surface area contributed by atoms with Gasteiger partial charge in [-0.05, 0) is 57.7 Å². The summed E-state index contributed by atoms with van der Waals surface area (Å²) in [6, 6.07) is 5.43. The maximum Gasteiger partial charge on any atom is 0.410 e. The number of carbonyl (C=O) groups is 2. The Kier molecular flexibility index (Phi) is 4.88. The lowest BCUT2D eigenvalue weighted by Gasteiger charge is -2.33. The molecule has 0 radical (unpaired) electrons. The molecule has 0 atom stereocenters. The van der Waals surface area contributed by atoms with E-state index >= 15 is 0 Å². The highest BCUT2D eigenvalue weighted by Gasteiger charge is 2.27. The minimum Gasteiger partial charge on any atom is -0.493 e. The Morgan fingerprint density at radius 2 is 2.00 bits per heavy atom. The van der Waals surface area contributed by atoms with Gasteiger partial charge in [-0.15, -0.1) is 0 Å². The van der Waals surface area contributed by atoms with Crippen molar-refractivity contribution in [3.8, 4) is 5.75 Å². The summed E-state index contributed by atoms with van der Waals surface area (Å²) in [5.74, 6) is 0.896. The third-order valence-corrected chi connectivity index (χ3v) is 4.41. The molecule has 1 fully saturated rings. The van der Waals surface area contributed by atoms with Gasteiger partial charge >= 0.3 is 12.1 Å².